The van der Waals surface area contributed by atoms with Crippen molar-refractivity contribution in [3.63, 3.8) is 0 Å². The van der Waals surface area contributed by atoms with Crippen LogP contribution in [-0.2, 0) is 27.7 Å². The van der Waals surface area contributed by atoms with Crippen LogP contribution in [0.3, 0.4) is 0 Å². The molecule has 0 aromatic heterocycles. The van der Waals surface area contributed by atoms with Gasteiger partial charge in [-0.05, 0) is 55.5 Å². The average Bonchev–Trinajstić information content (AvgIpc) is 3.26. The van der Waals surface area contributed by atoms with Gasteiger partial charge in [0.1, 0.15) is 5.75 Å². The van der Waals surface area contributed by atoms with E-state index >= 15 is 0 Å². The highest BCUT2D eigenvalue weighted by Gasteiger charge is 2.31. The number of amides is 1. The highest BCUT2D eigenvalue weighted by atomic mass is 32.2. The number of piperazine rings is 1. The van der Waals surface area contributed by atoms with E-state index in [1.165, 1.54) is 22.0 Å². The molecule has 0 saturated carbocycles. The molecule has 1 amide bonds. The Bertz CT molecular complexity index is 1160. The highest BCUT2D eigenvalue weighted by molar-refractivity contribution is 7.89. The van der Waals surface area contributed by atoms with Crippen LogP contribution in [0.2, 0.25) is 0 Å². The molecule has 1 heterocycles. The molecule has 0 spiro atoms. The Morgan fingerprint density at radius 3 is 2.53 bits per heavy atom. The maximum atomic E-state index is 13.0. The molecule has 1 saturated heterocycles. The molecule has 0 radical (unpaired) electrons. The van der Waals surface area contributed by atoms with Gasteiger partial charge in [0.2, 0.25) is 10.0 Å². The third-order valence-electron chi connectivity index (χ3n) is 6.10. The summed E-state index contributed by atoms with van der Waals surface area (Å²) in [6.07, 6.45) is 2.96. The smallest absolute Gasteiger partial charge is 0.276 e. The predicted octanol–water partition coefficient (Wildman–Crippen LogP) is 2.30. The molecule has 32 heavy (non-hydrogen) atoms. The Labute approximate surface area is 186 Å². The van der Waals surface area contributed by atoms with Crippen LogP contribution in [-0.4, -0.2) is 61.2 Å². The zero-order chi connectivity index (χ0) is 22.9. The van der Waals surface area contributed by atoms with E-state index in [2.05, 4.69) is 0 Å². The standard InChI is InChI=1S/C22H25N3O6S/c1-16-20(25(27)28)6-3-7-21(16)31-15-22(26)23-10-12-24(13-11-23)32(29,30)19-9-8-17-4-2-5-18(17)14-19/h3,6-9,14H,2,4-5,10-13,15H2,1H3. The van der Waals surface area contributed by atoms with E-state index in [0.29, 0.717) is 10.5 Å². The molecule has 1 aliphatic heterocycles. The number of aryl methyl sites for hydroxylation is 2. The second kappa shape index (κ2) is 8.87. The number of hydrogen-bond donors (Lipinski definition) is 0. The Morgan fingerprint density at radius 1 is 1.09 bits per heavy atom. The van der Waals surface area contributed by atoms with Gasteiger partial charge in [-0.15, -0.1) is 0 Å². The van der Waals surface area contributed by atoms with E-state index in [4.69, 9.17) is 4.74 Å². The molecule has 2 aromatic rings. The Balaban J connectivity index is 1.35. The summed E-state index contributed by atoms with van der Waals surface area (Å²) in [7, 11) is -3.61. The van der Waals surface area contributed by atoms with Crippen LogP contribution in [0.15, 0.2) is 41.3 Å². The molecule has 9 nitrogen and oxygen atoms in total. The van der Waals surface area contributed by atoms with Crippen LogP contribution < -0.4 is 4.74 Å². The molecule has 2 aliphatic rings. The van der Waals surface area contributed by atoms with E-state index in [-0.39, 0.29) is 50.1 Å². The molecular weight excluding hydrogens is 434 g/mol. The first-order valence-corrected chi connectivity index (χ1v) is 12.0. The minimum atomic E-state index is -3.61. The first-order valence-electron chi connectivity index (χ1n) is 10.5. The molecule has 0 bridgehead atoms. The number of hydrogen-bond acceptors (Lipinski definition) is 6. The Kier molecular flexibility index (Phi) is 6.16. The topological polar surface area (TPSA) is 110 Å². The molecule has 0 atom stereocenters. The van der Waals surface area contributed by atoms with Gasteiger partial charge in [-0.25, -0.2) is 8.42 Å². The van der Waals surface area contributed by atoms with Crippen LogP contribution in [0.1, 0.15) is 23.1 Å². The van der Waals surface area contributed by atoms with Crippen molar-refractivity contribution in [1.29, 1.82) is 0 Å². The van der Waals surface area contributed by atoms with E-state index in [9.17, 15) is 23.3 Å². The molecule has 2 aromatic carbocycles. The van der Waals surface area contributed by atoms with Crippen molar-refractivity contribution in [2.24, 2.45) is 0 Å². The van der Waals surface area contributed by atoms with Gasteiger partial charge in [-0.3, -0.25) is 14.9 Å². The summed E-state index contributed by atoms with van der Waals surface area (Å²) in [5, 5.41) is 11.1. The van der Waals surface area contributed by atoms with Gasteiger partial charge < -0.3 is 9.64 Å². The number of nitro groups is 1. The van der Waals surface area contributed by atoms with Gasteiger partial charge in [0.05, 0.1) is 15.4 Å². The van der Waals surface area contributed by atoms with Crippen LogP contribution in [0.25, 0.3) is 0 Å². The third-order valence-corrected chi connectivity index (χ3v) is 8.00. The Morgan fingerprint density at radius 2 is 1.81 bits per heavy atom. The summed E-state index contributed by atoms with van der Waals surface area (Å²) in [4.78, 5) is 25.0. The van der Waals surface area contributed by atoms with Crippen LogP contribution >= 0.6 is 0 Å². The van der Waals surface area contributed by atoms with Gasteiger partial charge in [0, 0.05) is 32.2 Å². The van der Waals surface area contributed by atoms with Crippen molar-refractivity contribution in [3.05, 3.63) is 63.2 Å². The molecular formula is C22H25N3O6S. The number of ether oxygens (including phenoxy) is 1. The second-order valence-corrected chi connectivity index (χ2v) is 9.95. The van der Waals surface area contributed by atoms with Crippen molar-refractivity contribution in [2.75, 3.05) is 32.8 Å². The third kappa shape index (κ3) is 4.33. The van der Waals surface area contributed by atoms with Gasteiger partial charge >= 0.3 is 0 Å². The highest BCUT2D eigenvalue weighted by Crippen LogP contribution is 2.28. The van der Waals surface area contributed by atoms with E-state index in [0.717, 1.165) is 24.8 Å². The molecule has 1 fully saturated rings. The molecule has 10 heteroatoms. The van der Waals surface area contributed by atoms with Gasteiger partial charge in [0.25, 0.3) is 11.6 Å². The summed E-state index contributed by atoms with van der Waals surface area (Å²) in [6.45, 7) is 2.25. The zero-order valence-corrected chi connectivity index (χ0v) is 18.6. The minimum Gasteiger partial charge on any atom is -0.483 e. The fourth-order valence-electron chi connectivity index (χ4n) is 4.22. The quantitative estimate of drug-likeness (QED) is 0.484. The van der Waals surface area contributed by atoms with Gasteiger partial charge in [-0.2, -0.15) is 4.31 Å². The Hall–Kier alpha value is -2.98. The zero-order valence-electron chi connectivity index (χ0n) is 17.8. The number of nitrogens with zero attached hydrogens (tertiary/aromatic N) is 3. The fourth-order valence-corrected chi connectivity index (χ4v) is 5.70. The number of benzene rings is 2. The second-order valence-electron chi connectivity index (χ2n) is 8.02. The average molecular weight is 460 g/mol. The largest absolute Gasteiger partial charge is 0.483 e. The lowest BCUT2D eigenvalue weighted by Crippen LogP contribution is -2.51. The summed E-state index contributed by atoms with van der Waals surface area (Å²) < 4.78 is 33.0. The van der Waals surface area contributed by atoms with Gasteiger partial charge in [-0.1, -0.05) is 12.1 Å². The minimum absolute atomic E-state index is 0.0691. The summed E-state index contributed by atoms with van der Waals surface area (Å²) in [5.41, 5.74) is 2.61. The predicted molar refractivity (Wildman–Crippen MR) is 117 cm³/mol. The monoisotopic (exact) mass is 459 g/mol. The maximum absolute atomic E-state index is 13.0. The van der Waals surface area contributed by atoms with Crippen molar-refractivity contribution in [2.45, 2.75) is 31.1 Å². The van der Waals surface area contributed by atoms with E-state index in [1.807, 2.05) is 6.07 Å². The van der Waals surface area contributed by atoms with Crippen molar-refractivity contribution in [3.8, 4) is 5.75 Å². The first kappa shape index (κ1) is 22.2. The number of nitro benzene ring substituents is 1. The molecule has 1 aliphatic carbocycles. The summed E-state index contributed by atoms with van der Waals surface area (Å²) >= 11 is 0. The van der Waals surface area contributed by atoms with E-state index < -0.39 is 14.9 Å². The SMILES string of the molecule is Cc1c(OCC(=O)N2CCN(S(=O)(=O)c3ccc4c(c3)CCC4)CC2)cccc1[N+](=O)[O-]. The molecule has 0 N–H and O–H groups in total. The summed E-state index contributed by atoms with van der Waals surface area (Å²) in [5.74, 6) is -0.00384. The summed E-state index contributed by atoms with van der Waals surface area (Å²) in [6, 6.07) is 9.83. The number of carbonyl (C=O) groups excluding carboxylic acids is 1. The van der Waals surface area contributed by atoms with Gasteiger partial charge in [0.15, 0.2) is 6.61 Å². The number of sulfonamides is 1. The van der Waals surface area contributed by atoms with Crippen molar-refractivity contribution >= 4 is 21.6 Å². The lowest BCUT2D eigenvalue weighted by Gasteiger charge is -2.34. The maximum Gasteiger partial charge on any atom is 0.276 e. The lowest BCUT2D eigenvalue weighted by molar-refractivity contribution is -0.385. The van der Waals surface area contributed by atoms with Crippen molar-refractivity contribution < 1.29 is 22.9 Å². The van der Waals surface area contributed by atoms with Crippen molar-refractivity contribution in [1.82, 2.24) is 9.21 Å². The van der Waals surface area contributed by atoms with Crippen LogP contribution in [0.5, 0.6) is 5.75 Å². The number of rotatable bonds is 6. The lowest BCUT2D eigenvalue weighted by atomic mass is 10.1. The molecule has 170 valence electrons. The van der Waals surface area contributed by atoms with E-state index in [1.54, 1.807) is 30.0 Å². The van der Waals surface area contributed by atoms with Crippen LogP contribution in [0, 0.1) is 17.0 Å². The fraction of sp³-hybridized carbons (Fsp3) is 0.409. The molecule has 4 rings (SSSR count). The molecule has 0 unspecified atom stereocenters. The van der Waals surface area contributed by atoms with Crippen LogP contribution in [0.4, 0.5) is 5.69 Å². The number of carbonyl (C=O) groups is 1. The number of fused-ring (bicyclic) bond motifs is 1. The normalized spacial score (nSPS) is 16.6. The first-order chi connectivity index (χ1) is 15.3.